The SMILES string of the molecule is COC(=O)c1c(C)[nH]c(C(=O)[C@@H](C)N(C)Cc2ccsc2)c1C. The molecule has 124 valence electrons. The van der Waals surface area contributed by atoms with Gasteiger partial charge in [0, 0.05) is 12.2 Å². The first kappa shape index (κ1) is 17.4. The fourth-order valence-corrected chi connectivity index (χ4v) is 3.28. The van der Waals surface area contributed by atoms with Crippen molar-refractivity contribution < 1.29 is 14.3 Å². The zero-order chi connectivity index (χ0) is 17.1. The molecule has 0 aliphatic rings. The number of ketones is 1. The van der Waals surface area contributed by atoms with Gasteiger partial charge in [0.2, 0.25) is 0 Å². The van der Waals surface area contributed by atoms with E-state index in [0.717, 1.165) is 0 Å². The van der Waals surface area contributed by atoms with Crippen LogP contribution < -0.4 is 0 Å². The lowest BCUT2D eigenvalue weighted by Crippen LogP contribution is -2.36. The van der Waals surface area contributed by atoms with Crippen LogP contribution in [0.15, 0.2) is 16.8 Å². The van der Waals surface area contributed by atoms with Crippen molar-refractivity contribution in [1.29, 1.82) is 0 Å². The van der Waals surface area contributed by atoms with E-state index in [4.69, 9.17) is 4.74 Å². The van der Waals surface area contributed by atoms with Crippen molar-refractivity contribution in [2.45, 2.75) is 33.4 Å². The van der Waals surface area contributed by atoms with Crippen molar-refractivity contribution in [1.82, 2.24) is 9.88 Å². The van der Waals surface area contributed by atoms with E-state index in [-0.39, 0.29) is 11.8 Å². The number of hydrogen-bond donors (Lipinski definition) is 1. The highest BCUT2D eigenvalue weighted by Gasteiger charge is 2.27. The zero-order valence-corrected chi connectivity index (χ0v) is 14.9. The van der Waals surface area contributed by atoms with Gasteiger partial charge in [0.15, 0.2) is 5.78 Å². The average Bonchev–Trinajstić information content (AvgIpc) is 3.13. The molecule has 0 radical (unpaired) electrons. The van der Waals surface area contributed by atoms with E-state index in [1.54, 1.807) is 25.2 Å². The minimum absolute atomic E-state index is 0.0292. The molecule has 1 atom stereocenters. The second kappa shape index (κ2) is 7.10. The Balaban J connectivity index is 2.21. The Hall–Kier alpha value is -1.92. The second-order valence-electron chi connectivity index (χ2n) is 5.70. The number of aromatic amines is 1. The van der Waals surface area contributed by atoms with Crippen molar-refractivity contribution in [2.75, 3.05) is 14.2 Å². The molecule has 0 saturated carbocycles. The normalized spacial score (nSPS) is 12.4. The van der Waals surface area contributed by atoms with Crippen molar-refractivity contribution in [3.8, 4) is 0 Å². The van der Waals surface area contributed by atoms with Crippen LogP contribution in [0.5, 0.6) is 0 Å². The highest BCUT2D eigenvalue weighted by molar-refractivity contribution is 7.07. The van der Waals surface area contributed by atoms with Crippen LogP contribution in [0.25, 0.3) is 0 Å². The molecule has 0 bridgehead atoms. The van der Waals surface area contributed by atoms with Gasteiger partial charge >= 0.3 is 5.97 Å². The van der Waals surface area contributed by atoms with Gasteiger partial charge < -0.3 is 9.72 Å². The minimum Gasteiger partial charge on any atom is -0.465 e. The Kier molecular flexibility index (Phi) is 5.38. The minimum atomic E-state index is -0.422. The lowest BCUT2D eigenvalue weighted by Gasteiger charge is -2.23. The summed E-state index contributed by atoms with van der Waals surface area (Å²) in [6.07, 6.45) is 0. The molecule has 2 heterocycles. The monoisotopic (exact) mass is 334 g/mol. The standard InChI is InChI=1S/C17H22N2O3S/c1-10-14(17(21)22-5)11(2)18-15(10)16(20)12(3)19(4)8-13-6-7-23-9-13/h6-7,9,12,18H,8H2,1-5H3/t12-/m1/s1. The highest BCUT2D eigenvalue weighted by Crippen LogP contribution is 2.21. The van der Waals surface area contributed by atoms with Crippen LogP contribution in [0.1, 0.15) is 44.6 Å². The van der Waals surface area contributed by atoms with Crippen LogP contribution in [-0.4, -0.2) is 41.8 Å². The summed E-state index contributed by atoms with van der Waals surface area (Å²) in [6, 6.07) is 1.76. The molecule has 23 heavy (non-hydrogen) atoms. The predicted octanol–water partition coefficient (Wildman–Crippen LogP) is 3.18. The van der Waals surface area contributed by atoms with Gasteiger partial charge in [-0.1, -0.05) is 0 Å². The first-order valence-corrected chi connectivity index (χ1v) is 8.34. The fourth-order valence-electron chi connectivity index (χ4n) is 2.62. The molecule has 0 unspecified atom stereocenters. The van der Waals surface area contributed by atoms with Gasteiger partial charge in [0.05, 0.1) is 24.4 Å². The zero-order valence-electron chi connectivity index (χ0n) is 14.1. The molecular weight excluding hydrogens is 312 g/mol. The third kappa shape index (κ3) is 3.54. The van der Waals surface area contributed by atoms with E-state index in [1.807, 2.05) is 24.3 Å². The second-order valence-corrected chi connectivity index (χ2v) is 6.48. The Morgan fingerprint density at radius 2 is 2.09 bits per heavy atom. The molecule has 6 heteroatoms. The number of carbonyl (C=O) groups is 2. The molecule has 2 rings (SSSR count). The molecule has 0 aliphatic carbocycles. The van der Waals surface area contributed by atoms with Gasteiger partial charge in [-0.25, -0.2) is 4.79 Å². The molecule has 0 aromatic carbocycles. The number of esters is 1. The third-order valence-electron chi connectivity index (χ3n) is 4.13. The first-order chi connectivity index (χ1) is 10.9. The number of ether oxygens (including phenoxy) is 1. The lowest BCUT2D eigenvalue weighted by atomic mass is 10.0. The van der Waals surface area contributed by atoms with Crippen molar-refractivity contribution in [3.63, 3.8) is 0 Å². The fraction of sp³-hybridized carbons (Fsp3) is 0.412. The van der Waals surface area contributed by atoms with Gasteiger partial charge in [0.1, 0.15) is 0 Å². The number of Topliss-reactive ketones (excluding diaryl/α,β-unsaturated/α-hetero) is 1. The number of methoxy groups -OCH3 is 1. The van der Waals surface area contributed by atoms with Gasteiger partial charge in [-0.3, -0.25) is 9.69 Å². The Morgan fingerprint density at radius 3 is 2.65 bits per heavy atom. The van der Waals surface area contributed by atoms with Gasteiger partial charge in [-0.05, 0) is 55.8 Å². The number of hydrogen-bond acceptors (Lipinski definition) is 5. The summed E-state index contributed by atoms with van der Waals surface area (Å²) in [5.74, 6) is -0.451. The van der Waals surface area contributed by atoms with E-state index in [2.05, 4.69) is 16.4 Å². The number of aromatic nitrogens is 1. The summed E-state index contributed by atoms with van der Waals surface area (Å²) >= 11 is 1.64. The van der Waals surface area contributed by atoms with Crippen molar-refractivity contribution in [3.05, 3.63) is 44.9 Å². The lowest BCUT2D eigenvalue weighted by molar-refractivity contribution is 0.0599. The van der Waals surface area contributed by atoms with Gasteiger partial charge in [-0.2, -0.15) is 11.3 Å². The van der Waals surface area contributed by atoms with Gasteiger partial charge in [-0.15, -0.1) is 0 Å². The van der Waals surface area contributed by atoms with E-state index in [1.165, 1.54) is 12.7 Å². The molecule has 2 aromatic rings. The van der Waals surface area contributed by atoms with Crippen LogP contribution >= 0.6 is 11.3 Å². The number of aryl methyl sites for hydroxylation is 1. The molecule has 5 nitrogen and oxygen atoms in total. The summed E-state index contributed by atoms with van der Waals surface area (Å²) in [5, 5.41) is 4.10. The van der Waals surface area contributed by atoms with Crippen LogP contribution in [0.2, 0.25) is 0 Å². The summed E-state index contributed by atoms with van der Waals surface area (Å²) in [5.41, 5.74) is 3.42. The molecule has 0 fully saturated rings. The number of carbonyl (C=O) groups excluding carboxylic acids is 2. The topological polar surface area (TPSA) is 62.4 Å². The highest BCUT2D eigenvalue weighted by atomic mass is 32.1. The number of likely N-dealkylation sites (N-methyl/N-ethyl adjacent to an activating group) is 1. The molecule has 0 saturated heterocycles. The predicted molar refractivity (Wildman–Crippen MR) is 91.2 cm³/mol. The quantitative estimate of drug-likeness (QED) is 0.651. The molecule has 0 spiro atoms. The van der Waals surface area contributed by atoms with Crippen LogP contribution in [-0.2, 0) is 11.3 Å². The summed E-state index contributed by atoms with van der Waals surface area (Å²) in [4.78, 5) is 29.7. The number of rotatable bonds is 6. The molecule has 1 N–H and O–H groups in total. The maximum atomic E-state index is 12.8. The average molecular weight is 334 g/mol. The molecule has 2 aromatic heterocycles. The third-order valence-corrected chi connectivity index (χ3v) is 4.86. The Labute approximate surface area is 140 Å². The van der Waals surface area contributed by atoms with E-state index in [0.29, 0.717) is 29.1 Å². The number of thiophene rings is 1. The summed E-state index contributed by atoms with van der Waals surface area (Å²) in [7, 11) is 3.26. The maximum Gasteiger partial charge on any atom is 0.339 e. The first-order valence-electron chi connectivity index (χ1n) is 7.39. The number of nitrogens with one attached hydrogen (secondary N) is 1. The maximum absolute atomic E-state index is 12.8. The molecule has 0 aliphatic heterocycles. The van der Waals surface area contributed by atoms with E-state index in [9.17, 15) is 9.59 Å². The molecule has 0 amide bonds. The van der Waals surface area contributed by atoms with Gasteiger partial charge in [0.25, 0.3) is 0 Å². The number of nitrogens with zero attached hydrogens (tertiary/aromatic N) is 1. The summed E-state index contributed by atoms with van der Waals surface area (Å²) < 4.78 is 4.79. The van der Waals surface area contributed by atoms with Crippen LogP contribution in [0.3, 0.4) is 0 Å². The van der Waals surface area contributed by atoms with Crippen molar-refractivity contribution >= 4 is 23.1 Å². The Bertz CT molecular complexity index is 704. The Morgan fingerprint density at radius 1 is 1.39 bits per heavy atom. The van der Waals surface area contributed by atoms with E-state index < -0.39 is 5.97 Å². The van der Waals surface area contributed by atoms with Crippen LogP contribution in [0.4, 0.5) is 0 Å². The summed E-state index contributed by atoms with van der Waals surface area (Å²) in [6.45, 7) is 6.13. The molecular formula is C17H22N2O3S. The van der Waals surface area contributed by atoms with Crippen LogP contribution in [0, 0.1) is 13.8 Å². The largest absolute Gasteiger partial charge is 0.465 e. The number of H-pyrrole nitrogens is 1. The van der Waals surface area contributed by atoms with Crippen molar-refractivity contribution in [2.24, 2.45) is 0 Å². The smallest absolute Gasteiger partial charge is 0.339 e. The van der Waals surface area contributed by atoms with E-state index >= 15 is 0 Å².